The molecule has 0 radical (unpaired) electrons. The van der Waals surface area contributed by atoms with Crippen molar-refractivity contribution in [3.63, 3.8) is 0 Å². The first-order chi connectivity index (χ1) is 16.9. The monoisotopic (exact) mass is 514 g/mol. The van der Waals surface area contributed by atoms with E-state index in [-0.39, 0.29) is 17.8 Å². The van der Waals surface area contributed by atoms with E-state index < -0.39 is 0 Å². The average molecular weight is 515 g/mol. The molecule has 0 saturated carbocycles. The van der Waals surface area contributed by atoms with Crippen LogP contribution < -0.4 is 0 Å². The summed E-state index contributed by atoms with van der Waals surface area (Å²) in [6.07, 6.45) is 3.39. The summed E-state index contributed by atoms with van der Waals surface area (Å²) in [4.78, 5) is 33.2. The number of nitrogens with zero attached hydrogens (tertiary/aromatic N) is 4. The Morgan fingerprint density at radius 1 is 1.26 bits per heavy atom. The summed E-state index contributed by atoms with van der Waals surface area (Å²) in [5, 5.41) is 4.14. The molecular formula is C25H27ClN4O4S. The highest BCUT2D eigenvalue weighted by Gasteiger charge is 2.24. The Kier molecular flexibility index (Phi) is 8.20. The van der Waals surface area contributed by atoms with Gasteiger partial charge in [-0.1, -0.05) is 28.9 Å². The van der Waals surface area contributed by atoms with Gasteiger partial charge in [0, 0.05) is 31.8 Å². The molecule has 1 fully saturated rings. The smallest absolute Gasteiger partial charge is 0.309 e. The number of amides is 1. The number of hydrogen-bond acceptors (Lipinski definition) is 7. The summed E-state index contributed by atoms with van der Waals surface area (Å²) in [5.41, 5.74) is 2.41. The highest BCUT2D eigenvalue weighted by atomic mass is 35.5. The van der Waals surface area contributed by atoms with E-state index in [9.17, 15) is 9.59 Å². The maximum absolute atomic E-state index is 12.5. The van der Waals surface area contributed by atoms with Crippen molar-refractivity contribution in [3.05, 3.63) is 57.4 Å². The molecule has 0 N–H and O–H groups in total. The third kappa shape index (κ3) is 6.49. The molecule has 0 atom stereocenters. The Balaban J connectivity index is 1.30. The summed E-state index contributed by atoms with van der Waals surface area (Å²) < 4.78 is 11.1. The molecule has 1 aliphatic heterocycles. The lowest BCUT2D eigenvalue weighted by Gasteiger charge is -2.29. The zero-order valence-electron chi connectivity index (χ0n) is 19.6. The molecule has 0 unspecified atom stereocenters. The van der Waals surface area contributed by atoms with E-state index in [1.807, 2.05) is 43.6 Å². The van der Waals surface area contributed by atoms with Crippen LogP contribution in [0.15, 0.2) is 52.0 Å². The number of piperidine rings is 1. The molecule has 35 heavy (non-hydrogen) atoms. The van der Waals surface area contributed by atoms with Gasteiger partial charge in [-0.25, -0.2) is 4.99 Å². The van der Waals surface area contributed by atoms with Crippen molar-refractivity contribution in [1.29, 1.82) is 0 Å². The van der Waals surface area contributed by atoms with Crippen LogP contribution in [0.4, 0.5) is 5.69 Å². The van der Waals surface area contributed by atoms with Crippen LogP contribution in [0.2, 0.25) is 4.34 Å². The van der Waals surface area contributed by atoms with E-state index in [4.69, 9.17) is 20.9 Å². The molecule has 0 aliphatic carbocycles. The number of rotatable bonds is 8. The maximum atomic E-state index is 12.5. The van der Waals surface area contributed by atoms with Crippen LogP contribution >= 0.6 is 22.9 Å². The highest BCUT2D eigenvalue weighted by Crippen LogP contribution is 2.25. The third-order valence-electron chi connectivity index (χ3n) is 5.77. The fourth-order valence-electron chi connectivity index (χ4n) is 3.82. The van der Waals surface area contributed by atoms with Crippen LogP contribution in [0.25, 0.3) is 11.3 Å². The number of esters is 1. The minimum absolute atomic E-state index is 0.0154. The van der Waals surface area contributed by atoms with E-state index in [1.165, 1.54) is 11.3 Å². The molecule has 0 spiro atoms. The van der Waals surface area contributed by atoms with Gasteiger partial charge in [-0.3, -0.25) is 9.59 Å². The minimum atomic E-state index is -0.118. The van der Waals surface area contributed by atoms with E-state index in [1.54, 1.807) is 24.1 Å². The van der Waals surface area contributed by atoms with Crippen molar-refractivity contribution in [2.45, 2.75) is 26.3 Å². The maximum Gasteiger partial charge on any atom is 0.309 e. The predicted molar refractivity (Wildman–Crippen MR) is 136 cm³/mol. The zero-order chi connectivity index (χ0) is 24.8. The van der Waals surface area contributed by atoms with Crippen molar-refractivity contribution in [2.24, 2.45) is 10.9 Å². The highest BCUT2D eigenvalue weighted by molar-refractivity contribution is 7.17. The lowest BCUT2D eigenvalue weighted by molar-refractivity contribution is -0.149. The number of hydrogen-bond donors (Lipinski definition) is 0. The lowest BCUT2D eigenvalue weighted by atomic mass is 9.97. The topological polar surface area (TPSA) is 88.2 Å². The quantitative estimate of drug-likeness (QED) is 0.231. The van der Waals surface area contributed by atoms with Gasteiger partial charge in [-0.2, -0.15) is 0 Å². The van der Waals surface area contributed by atoms with Crippen molar-refractivity contribution in [3.8, 4) is 11.3 Å². The van der Waals surface area contributed by atoms with Crippen molar-refractivity contribution in [2.75, 3.05) is 26.7 Å². The molecule has 1 aliphatic rings. The van der Waals surface area contributed by atoms with E-state index in [0.717, 1.165) is 37.2 Å². The molecule has 1 amide bonds. The normalized spacial score (nSPS) is 14.4. The van der Waals surface area contributed by atoms with Crippen molar-refractivity contribution in [1.82, 2.24) is 15.0 Å². The second-order valence-electron chi connectivity index (χ2n) is 8.30. The number of halogens is 1. The number of aliphatic imine (C=N–C) groups is 1. The molecule has 1 aromatic carbocycles. The number of carbonyl (C=O) groups is 2. The molecule has 10 heteroatoms. The molecule has 4 rings (SSSR count). The molecule has 0 bridgehead atoms. The summed E-state index contributed by atoms with van der Waals surface area (Å²) in [5.74, 6) is 0.360. The van der Waals surface area contributed by atoms with E-state index >= 15 is 0 Å². The summed E-state index contributed by atoms with van der Waals surface area (Å²) in [6, 6.07) is 13.0. The van der Waals surface area contributed by atoms with Crippen LogP contribution in [-0.4, -0.2) is 59.9 Å². The Bertz CT molecular complexity index is 1180. The van der Waals surface area contributed by atoms with Gasteiger partial charge in [0.15, 0.2) is 5.76 Å². The number of aromatic nitrogens is 1. The van der Waals surface area contributed by atoms with Gasteiger partial charge in [-0.05, 0) is 44.0 Å². The standard InChI is InChI=1S/C25H27ClN4O4S/c1-3-33-25(32)18-10-12-30(13-11-18)16-27-19-6-4-17(5-7-19)21-14-20(34-28-21)15-29(2)24(31)22-8-9-23(26)35-22/h4-9,14,16,18H,3,10-13,15H2,1-2H3. The Morgan fingerprint density at radius 2 is 2.00 bits per heavy atom. The van der Waals surface area contributed by atoms with Gasteiger partial charge in [0.25, 0.3) is 5.91 Å². The first-order valence-corrected chi connectivity index (χ1v) is 12.6. The first-order valence-electron chi connectivity index (χ1n) is 11.4. The molecule has 2 aromatic heterocycles. The van der Waals surface area contributed by atoms with Crippen molar-refractivity contribution >= 4 is 46.8 Å². The van der Waals surface area contributed by atoms with E-state index in [0.29, 0.717) is 33.8 Å². The minimum Gasteiger partial charge on any atom is -0.466 e. The number of likely N-dealkylation sites (tertiary alicyclic amines) is 1. The van der Waals surface area contributed by atoms with Gasteiger partial charge >= 0.3 is 5.97 Å². The van der Waals surface area contributed by atoms with E-state index in [2.05, 4.69) is 15.0 Å². The Hall–Kier alpha value is -3.17. The number of ether oxygens (including phenoxy) is 1. The number of carbonyl (C=O) groups excluding carboxylic acids is 2. The summed E-state index contributed by atoms with van der Waals surface area (Å²) >= 11 is 7.18. The molecule has 1 saturated heterocycles. The van der Waals surface area contributed by atoms with Crippen LogP contribution in [0, 0.1) is 5.92 Å². The van der Waals surface area contributed by atoms with Gasteiger partial charge in [0.1, 0.15) is 5.69 Å². The van der Waals surface area contributed by atoms with Crippen LogP contribution in [0.3, 0.4) is 0 Å². The van der Waals surface area contributed by atoms with Gasteiger partial charge < -0.3 is 19.1 Å². The number of thiophene rings is 1. The fraction of sp³-hybridized carbons (Fsp3) is 0.360. The predicted octanol–water partition coefficient (Wildman–Crippen LogP) is 5.26. The second-order valence-corrected chi connectivity index (χ2v) is 10.0. The largest absolute Gasteiger partial charge is 0.466 e. The first kappa shape index (κ1) is 24.9. The second kappa shape index (κ2) is 11.5. The van der Waals surface area contributed by atoms with Crippen LogP contribution in [0.5, 0.6) is 0 Å². The summed E-state index contributed by atoms with van der Waals surface area (Å²) in [7, 11) is 1.71. The number of benzene rings is 1. The summed E-state index contributed by atoms with van der Waals surface area (Å²) in [6.45, 7) is 4.12. The Morgan fingerprint density at radius 3 is 2.66 bits per heavy atom. The SMILES string of the molecule is CCOC(=O)C1CCN(C=Nc2ccc(-c3cc(CN(C)C(=O)c4ccc(Cl)s4)on3)cc2)CC1. The fourth-order valence-corrected chi connectivity index (χ4v) is 4.86. The molecular weight excluding hydrogens is 488 g/mol. The zero-order valence-corrected chi connectivity index (χ0v) is 21.2. The third-order valence-corrected chi connectivity index (χ3v) is 6.98. The average Bonchev–Trinajstić information content (AvgIpc) is 3.52. The van der Waals surface area contributed by atoms with Gasteiger partial charge in [0.2, 0.25) is 0 Å². The lowest BCUT2D eigenvalue weighted by Crippen LogP contribution is -2.36. The van der Waals surface area contributed by atoms with Gasteiger partial charge in [0.05, 0.1) is 40.3 Å². The molecule has 3 aromatic rings. The van der Waals surface area contributed by atoms with Crippen LogP contribution in [0.1, 0.15) is 35.2 Å². The van der Waals surface area contributed by atoms with Crippen molar-refractivity contribution < 1.29 is 18.8 Å². The molecule has 184 valence electrons. The van der Waals surface area contributed by atoms with Crippen LogP contribution in [-0.2, 0) is 16.1 Å². The Labute approximate surface area is 213 Å². The molecule has 8 nitrogen and oxygen atoms in total. The van der Waals surface area contributed by atoms with Gasteiger partial charge in [-0.15, -0.1) is 11.3 Å². The molecule has 3 heterocycles.